The van der Waals surface area contributed by atoms with Crippen LogP contribution < -0.4 is 5.32 Å². The largest absolute Gasteiger partial charge is 0.355 e. The monoisotopic (exact) mass is 513 g/mol. The number of amides is 1. The van der Waals surface area contributed by atoms with Crippen LogP contribution in [0.1, 0.15) is 41.0 Å². The number of aromatic nitrogens is 1. The molecule has 1 aromatic heterocycles. The van der Waals surface area contributed by atoms with E-state index in [1.807, 2.05) is 38.1 Å². The Bertz CT molecular complexity index is 1360. The molecule has 9 heteroatoms. The van der Waals surface area contributed by atoms with E-state index < -0.39 is 10.0 Å². The van der Waals surface area contributed by atoms with Gasteiger partial charge >= 0.3 is 0 Å². The van der Waals surface area contributed by atoms with Gasteiger partial charge < -0.3 is 9.84 Å². The topological polar surface area (TPSA) is 92.5 Å². The maximum absolute atomic E-state index is 13.5. The molecule has 35 heavy (non-hydrogen) atoms. The van der Waals surface area contributed by atoms with E-state index in [0.717, 1.165) is 16.7 Å². The SMILES string of the molecule is Cc1ccc(/C=C/c2onc(C)c2S(=O)(=O)N2CCC(C(=O)Nc3ccc(Cl)cc3C)CC2)cc1. The smallest absolute Gasteiger partial charge is 0.248 e. The maximum Gasteiger partial charge on any atom is 0.248 e. The molecule has 184 valence electrons. The lowest BCUT2D eigenvalue weighted by molar-refractivity contribution is -0.120. The van der Waals surface area contributed by atoms with Crippen molar-refractivity contribution in [2.75, 3.05) is 18.4 Å². The Labute approximate surface area is 210 Å². The number of aryl methyl sites for hydroxylation is 3. The molecule has 1 N–H and O–H groups in total. The molecule has 0 atom stereocenters. The molecule has 0 radical (unpaired) electrons. The standard InChI is InChI=1S/C26H28ClN3O4S/c1-17-4-6-20(7-5-17)8-11-24-25(19(3)29-34-24)35(32,33)30-14-12-21(13-15-30)26(31)28-23-10-9-22(27)16-18(23)2/h4-11,16,21H,12-15H2,1-3H3,(H,28,31)/b11-8+. The van der Waals surface area contributed by atoms with Crippen LogP contribution in [0.2, 0.25) is 5.02 Å². The molecule has 0 saturated carbocycles. The second-order valence-corrected chi connectivity index (χ2v) is 11.1. The predicted molar refractivity (Wildman–Crippen MR) is 138 cm³/mol. The molecule has 1 aliphatic rings. The first-order chi connectivity index (χ1) is 16.6. The molecule has 7 nitrogen and oxygen atoms in total. The maximum atomic E-state index is 13.5. The minimum absolute atomic E-state index is 0.0700. The average Bonchev–Trinajstić information content (AvgIpc) is 3.21. The number of hydrogen-bond acceptors (Lipinski definition) is 5. The van der Waals surface area contributed by atoms with Crippen LogP contribution in [0.3, 0.4) is 0 Å². The van der Waals surface area contributed by atoms with Gasteiger partial charge in [-0.05, 0) is 69.0 Å². The predicted octanol–water partition coefficient (Wildman–Crippen LogP) is 5.46. The molecular weight excluding hydrogens is 486 g/mol. The number of anilines is 1. The fourth-order valence-electron chi connectivity index (χ4n) is 4.14. The Hall–Kier alpha value is -2.94. The van der Waals surface area contributed by atoms with Gasteiger partial charge in [0, 0.05) is 29.7 Å². The van der Waals surface area contributed by atoms with Crippen molar-refractivity contribution in [1.29, 1.82) is 0 Å². The van der Waals surface area contributed by atoms with Crippen LogP contribution >= 0.6 is 11.6 Å². The Morgan fingerprint density at radius 3 is 2.43 bits per heavy atom. The highest BCUT2D eigenvalue weighted by atomic mass is 35.5. The molecule has 3 aromatic rings. The van der Waals surface area contributed by atoms with E-state index in [-0.39, 0.29) is 35.6 Å². The van der Waals surface area contributed by atoms with Gasteiger partial charge in [0.15, 0.2) is 10.7 Å². The molecule has 0 bridgehead atoms. The van der Waals surface area contributed by atoms with Gasteiger partial charge in [0.05, 0.1) is 0 Å². The van der Waals surface area contributed by atoms with Gasteiger partial charge in [-0.15, -0.1) is 0 Å². The number of benzene rings is 2. The fraction of sp³-hybridized carbons (Fsp3) is 0.308. The summed E-state index contributed by atoms with van der Waals surface area (Å²) in [5.74, 6) is -0.197. The lowest BCUT2D eigenvalue weighted by atomic mass is 9.97. The van der Waals surface area contributed by atoms with Gasteiger partial charge in [0.2, 0.25) is 15.9 Å². The third-order valence-electron chi connectivity index (χ3n) is 6.21. The normalized spacial score (nSPS) is 15.5. The van der Waals surface area contributed by atoms with Gasteiger partial charge in [-0.1, -0.05) is 52.7 Å². The number of sulfonamides is 1. The van der Waals surface area contributed by atoms with Crippen LogP contribution in [0.25, 0.3) is 12.2 Å². The van der Waals surface area contributed by atoms with Gasteiger partial charge in [0.1, 0.15) is 5.69 Å². The van der Waals surface area contributed by atoms with Gasteiger partial charge in [-0.25, -0.2) is 8.42 Å². The Morgan fingerprint density at radius 1 is 1.09 bits per heavy atom. The molecular formula is C26H28ClN3O4S. The van der Waals surface area contributed by atoms with E-state index in [2.05, 4.69) is 10.5 Å². The van der Waals surface area contributed by atoms with Crippen molar-refractivity contribution in [3.8, 4) is 0 Å². The number of nitrogens with zero attached hydrogens (tertiary/aromatic N) is 2. The quantitative estimate of drug-likeness (QED) is 0.472. The van der Waals surface area contributed by atoms with E-state index in [1.54, 1.807) is 37.3 Å². The second-order valence-electron chi connectivity index (χ2n) is 8.83. The molecule has 0 aliphatic carbocycles. The summed E-state index contributed by atoms with van der Waals surface area (Å²) in [5.41, 5.74) is 3.96. The second kappa shape index (κ2) is 10.4. The molecule has 4 rings (SSSR count). The summed E-state index contributed by atoms with van der Waals surface area (Å²) >= 11 is 5.99. The zero-order valence-corrected chi connectivity index (χ0v) is 21.5. The van der Waals surface area contributed by atoms with Crippen molar-refractivity contribution in [3.05, 3.63) is 75.6 Å². The Balaban J connectivity index is 1.45. The molecule has 2 aromatic carbocycles. The van der Waals surface area contributed by atoms with Crippen molar-refractivity contribution in [3.63, 3.8) is 0 Å². The molecule has 1 saturated heterocycles. The number of hydrogen-bond donors (Lipinski definition) is 1. The van der Waals surface area contributed by atoms with E-state index in [4.69, 9.17) is 16.1 Å². The van der Waals surface area contributed by atoms with Crippen LogP contribution in [0.4, 0.5) is 5.69 Å². The van der Waals surface area contributed by atoms with Crippen molar-refractivity contribution < 1.29 is 17.7 Å². The average molecular weight is 514 g/mol. The fourth-order valence-corrected chi connectivity index (χ4v) is 6.08. The molecule has 0 unspecified atom stereocenters. The summed E-state index contributed by atoms with van der Waals surface area (Å²) < 4.78 is 33.7. The molecule has 2 heterocycles. The first-order valence-electron chi connectivity index (χ1n) is 11.4. The lowest BCUT2D eigenvalue weighted by Crippen LogP contribution is -2.41. The highest BCUT2D eigenvalue weighted by Crippen LogP contribution is 2.30. The molecule has 1 fully saturated rings. The summed E-state index contributed by atoms with van der Waals surface area (Å²) in [7, 11) is -3.83. The number of carbonyl (C=O) groups is 1. The summed E-state index contributed by atoms with van der Waals surface area (Å²) in [6.07, 6.45) is 4.28. The van der Waals surface area contributed by atoms with Gasteiger partial charge in [-0.2, -0.15) is 4.31 Å². The van der Waals surface area contributed by atoms with Crippen molar-refractivity contribution in [2.24, 2.45) is 5.92 Å². The van der Waals surface area contributed by atoms with Gasteiger partial charge in [-0.3, -0.25) is 4.79 Å². The number of nitrogens with one attached hydrogen (secondary N) is 1. The molecule has 1 amide bonds. The number of carbonyl (C=O) groups excluding carboxylic acids is 1. The van der Waals surface area contributed by atoms with Crippen LogP contribution in [0.5, 0.6) is 0 Å². The van der Waals surface area contributed by atoms with Crippen LogP contribution in [0.15, 0.2) is 51.9 Å². The summed E-state index contributed by atoms with van der Waals surface area (Å²) in [4.78, 5) is 12.9. The minimum Gasteiger partial charge on any atom is -0.355 e. The van der Waals surface area contributed by atoms with Crippen LogP contribution in [-0.4, -0.2) is 36.9 Å². The highest BCUT2D eigenvalue weighted by molar-refractivity contribution is 7.89. The molecule has 0 spiro atoms. The van der Waals surface area contributed by atoms with E-state index >= 15 is 0 Å². The van der Waals surface area contributed by atoms with Crippen LogP contribution in [0, 0.1) is 26.7 Å². The van der Waals surface area contributed by atoms with Crippen molar-refractivity contribution in [2.45, 2.75) is 38.5 Å². The van der Waals surface area contributed by atoms with E-state index in [1.165, 1.54) is 4.31 Å². The minimum atomic E-state index is -3.83. The Kier molecular flexibility index (Phi) is 7.44. The third kappa shape index (κ3) is 5.66. The first-order valence-corrected chi connectivity index (χ1v) is 13.2. The number of rotatable bonds is 6. The van der Waals surface area contributed by atoms with E-state index in [0.29, 0.717) is 29.2 Å². The summed E-state index contributed by atoms with van der Waals surface area (Å²) in [6.45, 7) is 5.98. The van der Waals surface area contributed by atoms with Crippen LogP contribution in [-0.2, 0) is 14.8 Å². The third-order valence-corrected chi connectivity index (χ3v) is 8.50. The highest BCUT2D eigenvalue weighted by Gasteiger charge is 2.36. The zero-order chi connectivity index (χ0) is 25.2. The van der Waals surface area contributed by atoms with Crippen molar-refractivity contribution >= 4 is 45.4 Å². The van der Waals surface area contributed by atoms with Crippen molar-refractivity contribution in [1.82, 2.24) is 9.46 Å². The Morgan fingerprint density at radius 2 is 1.77 bits per heavy atom. The molecule has 1 aliphatic heterocycles. The van der Waals surface area contributed by atoms with E-state index in [9.17, 15) is 13.2 Å². The van der Waals surface area contributed by atoms with Gasteiger partial charge in [0.25, 0.3) is 0 Å². The number of halogens is 1. The lowest BCUT2D eigenvalue weighted by Gasteiger charge is -2.30. The first kappa shape index (κ1) is 25.2. The summed E-state index contributed by atoms with van der Waals surface area (Å²) in [5, 5.41) is 7.45. The summed E-state index contributed by atoms with van der Waals surface area (Å²) in [6, 6.07) is 13.2. The number of piperidine rings is 1. The zero-order valence-electron chi connectivity index (χ0n) is 19.9.